The largest absolute Gasteiger partial charge is 0.482 e. The van der Waals surface area contributed by atoms with E-state index in [9.17, 15) is 27.9 Å². The first-order valence-corrected chi connectivity index (χ1v) is 7.54. The fourth-order valence-corrected chi connectivity index (χ4v) is 2.19. The van der Waals surface area contributed by atoms with Gasteiger partial charge >= 0.3 is 12.3 Å². The molecule has 0 aliphatic heterocycles. The minimum Gasteiger partial charge on any atom is -0.459 e. The normalized spacial score (nSPS) is 14.6. The van der Waals surface area contributed by atoms with Gasteiger partial charge in [0.1, 0.15) is 11.0 Å². The van der Waals surface area contributed by atoms with Crippen LogP contribution < -0.4 is 5.32 Å². The Morgan fingerprint density at radius 1 is 1.16 bits per heavy atom. The molecule has 140 valence electrons. The first-order valence-electron chi connectivity index (χ1n) is 7.54. The molecule has 0 bridgehead atoms. The lowest BCUT2D eigenvalue weighted by Gasteiger charge is -2.32. The lowest BCUT2D eigenvalue weighted by molar-refractivity contribution is -0.163. The lowest BCUT2D eigenvalue weighted by Crippen LogP contribution is -2.45. The molecule has 0 heterocycles. The molecule has 0 radical (unpaired) electrons. The molecule has 1 aromatic rings. The summed E-state index contributed by atoms with van der Waals surface area (Å²) in [5, 5.41) is 10.6. The first-order chi connectivity index (χ1) is 11.2. The van der Waals surface area contributed by atoms with Gasteiger partial charge in [-0.2, -0.15) is 13.2 Å². The van der Waals surface area contributed by atoms with E-state index >= 15 is 0 Å². The predicted molar refractivity (Wildman–Crippen MR) is 85.9 cm³/mol. The monoisotopic (exact) mass is 361 g/mol. The Morgan fingerprint density at radius 2 is 1.72 bits per heavy atom. The highest BCUT2D eigenvalue weighted by Gasteiger charge is 2.46. The maximum Gasteiger partial charge on any atom is 0.482 e. The number of halogens is 3. The topological polar surface area (TPSA) is 75.6 Å². The number of ketones is 1. The number of anilines is 1. The quantitative estimate of drug-likeness (QED) is 0.478. The van der Waals surface area contributed by atoms with Gasteiger partial charge in [0.05, 0.1) is 6.61 Å². The van der Waals surface area contributed by atoms with E-state index in [1.165, 1.54) is 24.4 Å². The number of rotatable bonds is 5. The Kier molecular flexibility index (Phi) is 5.89. The first kappa shape index (κ1) is 21.0. The molecular formula is C17H22F3NO4. The van der Waals surface area contributed by atoms with Crippen molar-refractivity contribution in [2.75, 3.05) is 5.32 Å². The molecule has 5 nitrogen and oxygen atoms in total. The molecule has 0 amide bonds. The lowest BCUT2D eigenvalue weighted by atomic mass is 9.77. The molecule has 1 aromatic carbocycles. The van der Waals surface area contributed by atoms with Crippen LogP contribution in [0.4, 0.5) is 18.9 Å². The van der Waals surface area contributed by atoms with Crippen molar-refractivity contribution >= 4 is 17.4 Å². The van der Waals surface area contributed by atoms with E-state index in [0.29, 0.717) is 0 Å². The Balaban J connectivity index is 3.58. The SMILES string of the molecule is CC(=O)[C@](C)(C(=O)OC(C)(C)C)c1cc(CO)ccc1NC(F)(F)F. The van der Waals surface area contributed by atoms with Gasteiger partial charge in [0, 0.05) is 11.3 Å². The number of hydrogen-bond donors (Lipinski definition) is 2. The van der Waals surface area contributed by atoms with Crippen LogP contribution in [0.25, 0.3) is 0 Å². The van der Waals surface area contributed by atoms with E-state index in [0.717, 1.165) is 13.0 Å². The van der Waals surface area contributed by atoms with E-state index < -0.39 is 41.4 Å². The van der Waals surface area contributed by atoms with Gasteiger partial charge in [-0.1, -0.05) is 6.07 Å². The number of carbonyl (C=O) groups is 2. The zero-order valence-corrected chi connectivity index (χ0v) is 14.7. The van der Waals surface area contributed by atoms with Crippen molar-refractivity contribution in [3.05, 3.63) is 29.3 Å². The number of alkyl halides is 3. The van der Waals surface area contributed by atoms with E-state index in [-0.39, 0.29) is 11.1 Å². The zero-order chi connectivity index (χ0) is 19.6. The van der Waals surface area contributed by atoms with Crippen molar-refractivity contribution in [3.8, 4) is 0 Å². The summed E-state index contributed by atoms with van der Waals surface area (Å²) in [6.45, 7) is 6.62. The summed E-state index contributed by atoms with van der Waals surface area (Å²) in [5.74, 6) is -1.64. The van der Waals surface area contributed by atoms with Crippen molar-refractivity contribution in [2.45, 2.75) is 58.5 Å². The van der Waals surface area contributed by atoms with Crippen LogP contribution >= 0.6 is 0 Å². The highest BCUT2D eigenvalue weighted by Crippen LogP contribution is 2.36. The third-order valence-corrected chi connectivity index (χ3v) is 3.59. The number of ether oxygens (including phenoxy) is 1. The Labute approximate surface area is 144 Å². The van der Waals surface area contributed by atoms with E-state index in [1.807, 2.05) is 0 Å². The second-order valence-corrected chi connectivity index (χ2v) is 6.84. The summed E-state index contributed by atoms with van der Waals surface area (Å²) in [6.07, 6.45) is -4.76. The molecule has 2 N–H and O–H groups in total. The van der Waals surface area contributed by atoms with Gasteiger partial charge < -0.3 is 9.84 Å². The van der Waals surface area contributed by atoms with Crippen molar-refractivity contribution in [3.63, 3.8) is 0 Å². The number of benzene rings is 1. The van der Waals surface area contributed by atoms with Gasteiger partial charge in [-0.3, -0.25) is 14.9 Å². The number of hydrogen-bond acceptors (Lipinski definition) is 5. The molecule has 0 fully saturated rings. The van der Waals surface area contributed by atoms with Crippen LogP contribution in [0.1, 0.15) is 45.7 Å². The third kappa shape index (κ3) is 5.19. The second-order valence-electron chi connectivity index (χ2n) is 6.84. The van der Waals surface area contributed by atoms with Gasteiger partial charge in [0.25, 0.3) is 0 Å². The van der Waals surface area contributed by atoms with Gasteiger partial charge in [-0.15, -0.1) is 0 Å². The average molecular weight is 361 g/mol. The summed E-state index contributed by atoms with van der Waals surface area (Å²) >= 11 is 0. The molecule has 8 heteroatoms. The van der Waals surface area contributed by atoms with Crippen LogP contribution in [0.2, 0.25) is 0 Å². The van der Waals surface area contributed by atoms with Crippen molar-refractivity contribution < 1.29 is 32.6 Å². The Morgan fingerprint density at radius 3 is 2.12 bits per heavy atom. The van der Waals surface area contributed by atoms with Gasteiger partial charge in [-0.05, 0) is 52.3 Å². The zero-order valence-electron chi connectivity index (χ0n) is 14.7. The van der Waals surface area contributed by atoms with Gasteiger partial charge in [0.2, 0.25) is 0 Å². The van der Waals surface area contributed by atoms with Crippen LogP contribution in [0.5, 0.6) is 0 Å². The summed E-state index contributed by atoms with van der Waals surface area (Å²) in [5.41, 5.74) is -3.29. The fraction of sp³-hybridized carbons (Fsp3) is 0.529. The van der Waals surface area contributed by atoms with Crippen LogP contribution in [0.15, 0.2) is 18.2 Å². The Bertz CT molecular complexity index is 665. The minimum atomic E-state index is -4.76. The molecule has 1 atom stereocenters. The summed E-state index contributed by atoms with van der Waals surface area (Å²) in [4.78, 5) is 24.9. The molecule has 25 heavy (non-hydrogen) atoms. The van der Waals surface area contributed by atoms with Crippen LogP contribution in [-0.2, 0) is 26.3 Å². The number of aliphatic hydroxyl groups is 1. The number of nitrogens with one attached hydrogen (secondary N) is 1. The average Bonchev–Trinajstić information content (AvgIpc) is 2.43. The maximum absolute atomic E-state index is 12.8. The van der Waals surface area contributed by atoms with Crippen LogP contribution in [0.3, 0.4) is 0 Å². The highest BCUT2D eigenvalue weighted by molar-refractivity contribution is 6.09. The maximum atomic E-state index is 12.8. The molecule has 0 spiro atoms. The Hall–Kier alpha value is -2.09. The molecule has 0 saturated heterocycles. The minimum absolute atomic E-state index is 0.210. The van der Waals surface area contributed by atoms with E-state index in [1.54, 1.807) is 20.8 Å². The van der Waals surface area contributed by atoms with Crippen LogP contribution in [-0.4, -0.2) is 28.8 Å². The van der Waals surface area contributed by atoms with E-state index in [2.05, 4.69) is 0 Å². The molecule has 0 saturated carbocycles. The van der Waals surface area contributed by atoms with Gasteiger partial charge in [0.15, 0.2) is 5.78 Å². The molecule has 0 unspecified atom stereocenters. The van der Waals surface area contributed by atoms with Gasteiger partial charge in [-0.25, -0.2) is 0 Å². The number of Topliss-reactive ketones (excluding diaryl/α,β-unsaturated/α-hetero) is 1. The van der Waals surface area contributed by atoms with Crippen molar-refractivity contribution in [1.82, 2.24) is 0 Å². The number of esters is 1. The predicted octanol–water partition coefficient (Wildman–Crippen LogP) is 3.30. The summed E-state index contributed by atoms with van der Waals surface area (Å²) in [6, 6.07) is 3.53. The number of carbonyl (C=O) groups excluding carboxylic acids is 2. The smallest absolute Gasteiger partial charge is 0.459 e. The van der Waals surface area contributed by atoms with Crippen molar-refractivity contribution in [2.24, 2.45) is 0 Å². The highest BCUT2D eigenvalue weighted by atomic mass is 19.4. The molecule has 0 aliphatic carbocycles. The summed E-state index contributed by atoms with van der Waals surface area (Å²) in [7, 11) is 0. The third-order valence-electron chi connectivity index (χ3n) is 3.59. The fourth-order valence-electron chi connectivity index (χ4n) is 2.19. The standard InChI is InChI=1S/C17H22F3NO4/c1-10(23)16(5,14(24)25-15(2,3)4)12-8-11(9-22)6-7-13(12)21-17(18,19)20/h6-8,21-22H,9H2,1-5H3/t16-/m0/s1. The molecule has 0 aromatic heterocycles. The number of aliphatic hydroxyl groups excluding tert-OH is 1. The molecule has 1 rings (SSSR count). The van der Waals surface area contributed by atoms with E-state index in [4.69, 9.17) is 4.74 Å². The molecule has 0 aliphatic rings. The molecular weight excluding hydrogens is 339 g/mol. The van der Waals surface area contributed by atoms with Crippen LogP contribution in [0, 0.1) is 0 Å². The summed E-state index contributed by atoms with van der Waals surface area (Å²) < 4.78 is 43.7. The van der Waals surface area contributed by atoms with Crippen molar-refractivity contribution in [1.29, 1.82) is 0 Å². The second kappa shape index (κ2) is 7.03.